The van der Waals surface area contributed by atoms with Gasteiger partial charge < -0.3 is 0 Å². The van der Waals surface area contributed by atoms with E-state index < -0.39 is 0 Å². The third-order valence-corrected chi connectivity index (χ3v) is 2.72. The van der Waals surface area contributed by atoms with Crippen LogP contribution in [0, 0.1) is 0 Å². The predicted molar refractivity (Wildman–Crippen MR) is 55.5 cm³/mol. The molecule has 0 N–H and O–H groups in total. The minimum absolute atomic E-state index is 0.609. The summed E-state index contributed by atoms with van der Waals surface area (Å²) in [5.41, 5.74) is 0. The predicted octanol–water partition coefficient (Wildman–Crippen LogP) is 2.65. The molecule has 1 rings (SSSR count). The van der Waals surface area contributed by atoms with Gasteiger partial charge in [-0.25, -0.2) is 0 Å². The summed E-state index contributed by atoms with van der Waals surface area (Å²) in [6.07, 6.45) is 0. The Morgan fingerprint density at radius 3 is 2.45 bits per heavy atom. The zero-order valence-corrected chi connectivity index (χ0v) is 7.77. The second kappa shape index (κ2) is 4.55. The molecule has 55 valence electrons. The molecule has 0 nitrogen and oxygen atoms in total. The molecule has 0 aliphatic heterocycles. The Bertz CT molecular complexity index is 201. The van der Waals surface area contributed by atoms with Crippen molar-refractivity contribution in [1.29, 1.82) is 0 Å². The lowest BCUT2D eigenvalue weighted by Crippen LogP contribution is -2.08. The van der Waals surface area contributed by atoms with Gasteiger partial charge in [-0.2, -0.15) is 11.6 Å². The summed E-state index contributed by atoms with van der Waals surface area (Å²) in [4.78, 5) is 1.35. The molecule has 0 aromatic heterocycles. The van der Waals surface area contributed by atoms with Gasteiger partial charge in [0.15, 0.2) is 5.88 Å². The van der Waals surface area contributed by atoms with E-state index in [4.69, 9.17) is 0 Å². The van der Waals surface area contributed by atoms with Crippen LogP contribution in [0.2, 0.25) is 13.6 Å². The molecule has 1 aromatic rings. The topological polar surface area (TPSA) is 0 Å². The van der Waals surface area contributed by atoms with Crippen molar-refractivity contribution in [2.45, 2.75) is 18.5 Å². The second-order valence-corrected chi connectivity index (χ2v) is 3.92. The molecule has 0 bridgehead atoms. The first-order chi connectivity index (χ1) is 5.33. The SMILES string of the molecule is C[B]B(C)Sc1ccccc1. The molecule has 0 aliphatic carbocycles. The third-order valence-electron chi connectivity index (χ3n) is 1.53. The lowest BCUT2D eigenvalue weighted by molar-refractivity contribution is 1.48. The van der Waals surface area contributed by atoms with Crippen molar-refractivity contribution in [2.24, 2.45) is 0 Å². The smallest absolute Gasteiger partial charge is 0.171 e. The molecule has 1 aromatic carbocycles. The molecule has 0 spiro atoms. The first kappa shape index (κ1) is 8.79. The monoisotopic (exact) mass is 161 g/mol. The fraction of sp³-hybridized carbons (Fsp3) is 0.250. The van der Waals surface area contributed by atoms with E-state index in [-0.39, 0.29) is 0 Å². The summed E-state index contributed by atoms with van der Waals surface area (Å²) in [5.74, 6) is 0.609. The molecule has 0 aliphatic rings. The largest absolute Gasteiger partial charge is 0.187 e. The summed E-state index contributed by atoms with van der Waals surface area (Å²) >= 11 is 1.89. The van der Waals surface area contributed by atoms with E-state index in [0.29, 0.717) is 5.88 Å². The van der Waals surface area contributed by atoms with E-state index in [1.165, 1.54) is 4.90 Å². The number of rotatable bonds is 3. The van der Waals surface area contributed by atoms with Crippen molar-refractivity contribution in [3.63, 3.8) is 0 Å². The lowest BCUT2D eigenvalue weighted by atomic mass is 9.41. The van der Waals surface area contributed by atoms with E-state index in [1.54, 1.807) is 0 Å². The van der Waals surface area contributed by atoms with Gasteiger partial charge in [-0.15, -0.1) is 0 Å². The molecule has 0 atom stereocenters. The van der Waals surface area contributed by atoms with E-state index in [0.717, 1.165) is 0 Å². The van der Waals surface area contributed by atoms with Gasteiger partial charge in [0.1, 0.15) is 0 Å². The van der Waals surface area contributed by atoms with Gasteiger partial charge in [-0.05, 0) is 17.0 Å². The normalized spacial score (nSPS) is 9.27. The Morgan fingerprint density at radius 1 is 1.27 bits per heavy atom. The lowest BCUT2D eigenvalue weighted by Gasteiger charge is -2.03. The highest BCUT2D eigenvalue weighted by molar-refractivity contribution is 8.30. The van der Waals surface area contributed by atoms with Crippen molar-refractivity contribution in [3.05, 3.63) is 30.3 Å². The van der Waals surface area contributed by atoms with Crippen LogP contribution >= 0.6 is 11.6 Å². The number of benzene rings is 1. The van der Waals surface area contributed by atoms with Gasteiger partial charge in [0, 0.05) is 0 Å². The summed E-state index contributed by atoms with van der Waals surface area (Å²) < 4.78 is 0. The van der Waals surface area contributed by atoms with Crippen molar-refractivity contribution in [3.8, 4) is 0 Å². The Balaban J connectivity index is 2.51. The molecular formula is C8H11B2S. The highest BCUT2D eigenvalue weighted by Gasteiger charge is 2.04. The molecule has 11 heavy (non-hydrogen) atoms. The van der Waals surface area contributed by atoms with Crippen LogP contribution in [0.1, 0.15) is 0 Å². The van der Waals surface area contributed by atoms with Gasteiger partial charge in [0.2, 0.25) is 0 Å². The molecule has 0 fully saturated rings. The van der Waals surface area contributed by atoms with Crippen LogP contribution in [-0.4, -0.2) is 13.1 Å². The molecule has 0 saturated carbocycles. The Hall–Kier alpha value is -0.300. The fourth-order valence-electron chi connectivity index (χ4n) is 0.782. The Morgan fingerprint density at radius 2 is 1.91 bits per heavy atom. The fourth-order valence-corrected chi connectivity index (χ4v) is 1.66. The van der Waals surface area contributed by atoms with E-state index in [2.05, 4.69) is 45.1 Å². The molecule has 0 amide bonds. The van der Waals surface area contributed by atoms with Crippen molar-refractivity contribution >= 4 is 24.7 Å². The van der Waals surface area contributed by atoms with Crippen LogP contribution in [0.4, 0.5) is 0 Å². The maximum Gasteiger partial charge on any atom is 0.171 e. The van der Waals surface area contributed by atoms with Gasteiger partial charge >= 0.3 is 0 Å². The van der Waals surface area contributed by atoms with E-state index in [9.17, 15) is 0 Å². The van der Waals surface area contributed by atoms with Crippen LogP contribution in [0.5, 0.6) is 0 Å². The highest BCUT2D eigenvalue weighted by Crippen LogP contribution is 2.19. The average Bonchev–Trinajstić information content (AvgIpc) is 2.06. The zero-order chi connectivity index (χ0) is 8.10. The summed E-state index contributed by atoms with van der Waals surface area (Å²) in [6.45, 7) is 4.30. The maximum absolute atomic E-state index is 2.21. The van der Waals surface area contributed by atoms with Gasteiger partial charge in [0.25, 0.3) is 0 Å². The second-order valence-electron chi connectivity index (χ2n) is 2.47. The van der Waals surface area contributed by atoms with Crippen molar-refractivity contribution in [2.75, 3.05) is 0 Å². The Labute approximate surface area is 74.0 Å². The van der Waals surface area contributed by atoms with Crippen LogP contribution < -0.4 is 0 Å². The number of hydrogen-bond acceptors (Lipinski definition) is 1. The minimum atomic E-state index is 0.609. The van der Waals surface area contributed by atoms with Crippen LogP contribution in [-0.2, 0) is 0 Å². The van der Waals surface area contributed by atoms with Crippen LogP contribution in [0.3, 0.4) is 0 Å². The first-order valence-corrected chi connectivity index (χ1v) is 4.72. The molecule has 0 heterocycles. The van der Waals surface area contributed by atoms with Crippen molar-refractivity contribution < 1.29 is 0 Å². The van der Waals surface area contributed by atoms with Crippen LogP contribution in [0.15, 0.2) is 35.2 Å². The highest BCUT2D eigenvalue weighted by atomic mass is 32.2. The molecule has 0 unspecified atom stereocenters. The van der Waals surface area contributed by atoms with Gasteiger partial charge in [-0.1, -0.05) is 31.8 Å². The maximum atomic E-state index is 2.21. The van der Waals surface area contributed by atoms with Gasteiger partial charge in [-0.3, -0.25) is 0 Å². The first-order valence-electron chi connectivity index (χ1n) is 3.84. The number of hydrogen-bond donors (Lipinski definition) is 0. The van der Waals surface area contributed by atoms with E-state index in [1.807, 2.05) is 17.7 Å². The Kier molecular flexibility index (Phi) is 3.64. The molecule has 0 saturated heterocycles. The standard InChI is InChI=1S/C8H11B2S/c1-9-10(2)11-8-6-4-3-5-7-8/h3-7H,1-2H3. The minimum Gasteiger partial charge on any atom is -0.187 e. The summed E-state index contributed by atoms with van der Waals surface area (Å²) in [5, 5.41) is 0. The summed E-state index contributed by atoms with van der Waals surface area (Å²) in [6, 6.07) is 10.5. The van der Waals surface area contributed by atoms with E-state index >= 15 is 0 Å². The average molecular weight is 161 g/mol. The van der Waals surface area contributed by atoms with Gasteiger partial charge in [0.05, 0.1) is 7.17 Å². The molecule has 1 radical (unpaired) electrons. The summed E-state index contributed by atoms with van der Waals surface area (Å²) in [7, 11) is 2.21. The third kappa shape index (κ3) is 3.06. The van der Waals surface area contributed by atoms with Crippen LogP contribution in [0.25, 0.3) is 0 Å². The molecular weight excluding hydrogens is 150 g/mol. The van der Waals surface area contributed by atoms with Crippen molar-refractivity contribution in [1.82, 2.24) is 0 Å². The quantitative estimate of drug-likeness (QED) is 0.613. The zero-order valence-electron chi connectivity index (χ0n) is 6.95. The molecule has 3 heteroatoms.